The van der Waals surface area contributed by atoms with E-state index in [1.807, 2.05) is 35.1 Å². The fourth-order valence-electron chi connectivity index (χ4n) is 5.31. The Kier molecular flexibility index (Phi) is 10.0. The molecular formula is C30H36N4O9S. The van der Waals surface area contributed by atoms with Crippen molar-refractivity contribution in [2.75, 3.05) is 51.3 Å². The van der Waals surface area contributed by atoms with E-state index in [4.69, 9.17) is 13.9 Å². The van der Waals surface area contributed by atoms with Crippen molar-refractivity contribution >= 4 is 32.1 Å². The molecule has 0 bridgehead atoms. The van der Waals surface area contributed by atoms with E-state index in [1.54, 1.807) is 18.2 Å². The highest BCUT2D eigenvalue weighted by atomic mass is 32.2. The first-order chi connectivity index (χ1) is 21.1. The minimum Gasteiger partial charge on any atom is -0.456 e. The number of ether oxygens (including phenoxy) is 2. The minimum absolute atomic E-state index is 0.00525. The van der Waals surface area contributed by atoms with Crippen molar-refractivity contribution in [1.82, 2.24) is 9.62 Å². The molecule has 0 radical (unpaired) electrons. The van der Waals surface area contributed by atoms with Gasteiger partial charge >= 0.3 is 0 Å². The van der Waals surface area contributed by atoms with Gasteiger partial charge in [0.15, 0.2) is 11.2 Å². The summed E-state index contributed by atoms with van der Waals surface area (Å²) >= 11 is 0. The molecule has 1 aromatic heterocycles. The monoisotopic (exact) mass is 628 g/mol. The Labute approximate surface area is 255 Å². The molecule has 0 amide bonds. The van der Waals surface area contributed by atoms with Gasteiger partial charge in [-0.05, 0) is 48.0 Å². The predicted octanol–water partition coefficient (Wildman–Crippen LogP) is 0.818. The number of fused-ring (bicyclic) bond motifs is 1. The van der Waals surface area contributed by atoms with Crippen LogP contribution in [-0.4, -0.2) is 110 Å². The molecule has 3 heterocycles. The normalized spacial score (nSPS) is 25.4. The van der Waals surface area contributed by atoms with Crippen molar-refractivity contribution in [3.8, 4) is 17.4 Å². The lowest BCUT2D eigenvalue weighted by atomic mass is 9.98. The van der Waals surface area contributed by atoms with Crippen LogP contribution in [0.15, 0.2) is 57.9 Å². The molecule has 3 aromatic rings. The van der Waals surface area contributed by atoms with Gasteiger partial charge in [-0.15, -0.1) is 0 Å². The largest absolute Gasteiger partial charge is 0.456 e. The van der Waals surface area contributed by atoms with E-state index in [1.165, 1.54) is 6.92 Å². The Balaban J connectivity index is 1.30. The van der Waals surface area contributed by atoms with Gasteiger partial charge in [-0.2, -0.15) is 9.98 Å². The maximum absolute atomic E-state index is 13.1. The first-order valence-corrected chi connectivity index (χ1v) is 15.7. The number of morpholine rings is 1. The minimum atomic E-state index is -4.61. The molecule has 1 unspecified atom stereocenters. The van der Waals surface area contributed by atoms with Crippen molar-refractivity contribution < 1.29 is 42.7 Å². The summed E-state index contributed by atoms with van der Waals surface area (Å²) in [5.41, 5.74) is 1.76. The third-order valence-corrected chi connectivity index (χ3v) is 9.38. The molecule has 2 saturated heterocycles. The van der Waals surface area contributed by atoms with Crippen LogP contribution in [0.2, 0.25) is 0 Å². The SMILES string of the molecule is C/C(=C(/C#N)S(=O)(=O)N[C@H]1C(O)O[C@H](CO)[C@@H](O)[C@@H]1O)c1ccc(-c2ccc3cc(NCCN4CCOCC4)ccc3c2)o1. The van der Waals surface area contributed by atoms with Crippen molar-refractivity contribution in [2.45, 2.75) is 37.6 Å². The summed E-state index contributed by atoms with van der Waals surface area (Å²) in [5, 5.41) is 55.1. The number of anilines is 1. The summed E-state index contributed by atoms with van der Waals surface area (Å²) < 4.78 is 44.7. The molecule has 5 rings (SSSR count). The summed E-state index contributed by atoms with van der Waals surface area (Å²) in [6.07, 6.45) is -6.68. The summed E-state index contributed by atoms with van der Waals surface area (Å²) in [4.78, 5) is 1.66. The molecule has 0 saturated carbocycles. The van der Waals surface area contributed by atoms with Gasteiger partial charge in [0.1, 0.15) is 41.9 Å². The number of rotatable bonds is 10. The summed E-state index contributed by atoms with van der Waals surface area (Å²) in [7, 11) is -4.61. The number of hydrogen-bond donors (Lipinski definition) is 6. The van der Waals surface area contributed by atoms with Gasteiger partial charge in [0.05, 0.1) is 19.8 Å². The molecule has 2 fully saturated rings. The van der Waals surface area contributed by atoms with Gasteiger partial charge < -0.3 is 39.6 Å². The molecule has 6 N–H and O–H groups in total. The third-order valence-electron chi connectivity index (χ3n) is 7.86. The van der Waals surface area contributed by atoms with E-state index >= 15 is 0 Å². The van der Waals surface area contributed by atoms with Gasteiger partial charge in [0.25, 0.3) is 10.0 Å². The van der Waals surface area contributed by atoms with E-state index in [2.05, 4.69) is 16.3 Å². The zero-order chi connectivity index (χ0) is 31.4. The molecular weight excluding hydrogens is 592 g/mol. The van der Waals surface area contributed by atoms with Crippen LogP contribution in [0.3, 0.4) is 0 Å². The number of aliphatic hydroxyl groups excluding tert-OH is 4. The van der Waals surface area contributed by atoms with Crippen LogP contribution in [0.5, 0.6) is 0 Å². The maximum atomic E-state index is 13.1. The first-order valence-electron chi connectivity index (χ1n) is 14.2. The molecule has 236 valence electrons. The Bertz CT molecular complexity index is 1650. The van der Waals surface area contributed by atoms with E-state index in [0.717, 1.165) is 61.4 Å². The van der Waals surface area contributed by atoms with Gasteiger partial charge in [-0.25, -0.2) is 8.42 Å². The second kappa shape index (κ2) is 13.7. The smallest absolute Gasteiger partial charge is 0.251 e. The number of nitrogens with one attached hydrogen (secondary N) is 2. The number of nitriles is 1. The average molecular weight is 629 g/mol. The molecule has 2 aromatic carbocycles. The van der Waals surface area contributed by atoms with Crippen molar-refractivity contribution in [3.05, 3.63) is 59.2 Å². The maximum Gasteiger partial charge on any atom is 0.251 e. The van der Waals surface area contributed by atoms with E-state index in [9.17, 15) is 34.1 Å². The molecule has 14 heteroatoms. The Morgan fingerprint density at radius 3 is 2.50 bits per heavy atom. The molecule has 13 nitrogen and oxygen atoms in total. The lowest BCUT2D eigenvalue weighted by Gasteiger charge is -2.40. The lowest BCUT2D eigenvalue weighted by Crippen LogP contribution is -2.64. The van der Waals surface area contributed by atoms with E-state index in [-0.39, 0.29) is 11.3 Å². The van der Waals surface area contributed by atoms with Crippen LogP contribution in [0.4, 0.5) is 5.69 Å². The Hall–Kier alpha value is -3.36. The highest BCUT2D eigenvalue weighted by molar-refractivity contribution is 7.93. The van der Waals surface area contributed by atoms with Crippen molar-refractivity contribution in [3.63, 3.8) is 0 Å². The van der Waals surface area contributed by atoms with Crippen LogP contribution in [-0.2, 0) is 19.5 Å². The standard InChI is InChI=1S/C30H36N4O9S/c1-18(26(16-31)44(39,40)33-27-29(37)28(36)25(17-35)43-30(27)38)23-6-7-24(42-23)21-3-2-20-15-22(5-4-19(20)14-21)32-8-9-34-10-12-41-13-11-34/h2-7,14-15,25,27-30,32-33,35-38H,8-13,17H2,1H3/b26-18+/t25-,27-,28-,29-,30?/m1/s1. The fourth-order valence-corrected chi connectivity index (χ4v) is 6.66. The zero-order valence-electron chi connectivity index (χ0n) is 24.1. The van der Waals surface area contributed by atoms with Crippen molar-refractivity contribution in [2.24, 2.45) is 0 Å². The molecule has 2 aliphatic heterocycles. The van der Waals surface area contributed by atoms with Gasteiger partial charge in [0.2, 0.25) is 0 Å². The average Bonchev–Trinajstić information content (AvgIpc) is 3.52. The van der Waals surface area contributed by atoms with Crippen molar-refractivity contribution in [1.29, 1.82) is 5.26 Å². The quantitative estimate of drug-likeness (QED) is 0.173. The summed E-state index contributed by atoms with van der Waals surface area (Å²) in [6.45, 7) is 5.88. The lowest BCUT2D eigenvalue weighted by molar-refractivity contribution is -0.251. The van der Waals surface area contributed by atoms with Crippen LogP contribution >= 0.6 is 0 Å². The summed E-state index contributed by atoms with van der Waals surface area (Å²) in [6, 6.07) is 15.1. The number of aliphatic hydroxyl groups is 4. The summed E-state index contributed by atoms with van der Waals surface area (Å²) in [5.74, 6) is 0.588. The van der Waals surface area contributed by atoms with Crippen LogP contribution in [0.25, 0.3) is 27.7 Å². The Morgan fingerprint density at radius 2 is 1.77 bits per heavy atom. The molecule has 44 heavy (non-hydrogen) atoms. The molecule has 5 atom stereocenters. The van der Waals surface area contributed by atoms with Crippen LogP contribution < -0.4 is 10.0 Å². The second-order valence-electron chi connectivity index (χ2n) is 10.8. The topological polar surface area (TPSA) is 198 Å². The molecule has 0 aliphatic carbocycles. The first kappa shape index (κ1) is 32.0. The van der Waals surface area contributed by atoms with Gasteiger partial charge in [-0.1, -0.05) is 18.2 Å². The van der Waals surface area contributed by atoms with Crippen LogP contribution in [0, 0.1) is 11.3 Å². The predicted molar refractivity (Wildman–Crippen MR) is 161 cm³/mol. The highest BCUT2D eigenvalue weighted by Crippen LogP contribution is 2.31. The van der Waals surface area contributed by atoms with Gasteiger partial charge in [0, 0.05) is 43.0 Å². The van der Waals surface area contributed by atoms with E-state index < -0.39 is 52.2 Å². The highest BCUT2D eigenvalue weighted by Gasteiger charge is 2.46. The number of sulfonamides is 1. The second-order valence-corrected chi connectivity index (χ2v) is 12.4. The number of benzene rings is 2. The third kappa shape index (κ3) is 6.97. The fraction of sp³-hybridized carbons (Fsp3) is 0.433. The number of hydrogen-bond acceptors (Lipinski definition) is 12. The van der Waals surface area contributed by atoms with E-state index in [0.29, 0.717) is 5.76 Å². The number of allylic oxidation sites excluding steroid dienone is 2. The zero-order valence-corrected chi connectivity index (χ0v) is 24.9. The Morgan fingerprint density at radius 1 is 1.05 bits per heavy atom. The molecule has 0 spiro atoms. The van der Waals surface area contributed by atoms with Crippen LogP contribution in [0.1, 0.15) is 12.7 Å². The number of furan rings is 1. The van der Waals surface area contributed by atoms with Gasteiger partial charge in [-0.3, -0.25) is 4.90 Å². The number of nitrogens with zero attached hydrogens (tertiary/aromatic N) is 2. The molecule has 2 aliphatic rings.